The van der Waals surface area contributed by atoms with Crippen LogP contribution in [-0.4, -0.2) is 64.3 Å². The molecular weight excluding hydrogens is 318 g/mol. The third-order valence-corrected chi connectivity index (χ3v) is 4.87. The fourth-order valence-corrected chi connectivity index (χ4v) is 3.43. The Bertz CT molecular complexity index is 631. The molecule has 0 bridgehead atoms. The third-order valence-electron chi connectivity index (χ3n) is 4.87. The van der Waals surface area contributed by atoms with E-state index in [1.54, 1.807) is 19.0 Å². The van der Waals surface area contributed by atoms with Gasteiger partial charge in [0.1, 0.15) is 18.2 Å². The highest BCUT2D eigenvalue weighted by molar-refractivity contribution is 5.85. The molecule has 25 heavy (non-hydrogen) atoms. The fraction of sp³-hybridized carbons (Fsp3) is 0.765. The summed E-state index contributed by atoms with van der Waals surface area (Å²) in [5.41, 5.74) is 0. The number of hydrogen-bond donors (Lipinski definition) is 2. The highest BCUT2D eigenvalue weighted by atomic mass is 16.2. The zero-order chi connectivity index (χ0) is 17.8. The molecule has 1 unspecified atom stereocenters. The Morgan fingerprint density at radius 2 is 1.96 bits per heavy atom. The number of aliphatic imine (C=N–C) groups is 1. The monoisotopic (exact) mass is 347 g/mol. The van der Waals surface area contributed by atoms with E-state index in [1.807, 2.05) is 11.6 Å². The lowest BCUT2D eigenvalue weighted by Gasteiger charge is -2.27. The smallest absolute Gasteiger partial charge is 0.243 e. The molecule has 1 atom stereocenters. The highest BCUT2D eigenvalue weighted by Crippen LogP contribution is 2.18. The molecule has 0 aromatic carbocycles. The van der Waals surface area contributed by atoms with Crippen LogP contribution >= 0.6 is 0 Å². The standard InChI is InChI=1S/C17H29N7O/c1-12-19-15-9-8-14(11-24(15)22-12)21-17(18-10-16(25)23(2)3)20-13-6-4-5-7-13/h13-14H,4-11H2,1-3H3,(H2,18,20,21). The van der Waals surface area contributed by atoms with Gasteiger partial charge in [-0.2, -0.15) is 5.10 Å². The molecular formula is C17H29N7O. The Balaban J connectivity index is 1.64. The number of hydrogen-bond acceptors (Lipinski definition) is 4. The first-order valence-corrected chi connectivity index (χ1v) is 9.19. The van der Waals surface area contributed by atoms with Crippen LogP contribution in [0.5, 0.6) is 0 Å². The van der Waals surface area contributed by atoms with E-state index in [0.717, 1.165) is 37.0 Å². The first kappa shape index (κ1) is 17.7. The van der Waals surface area contributed by atoms with Crippen molar-refractivity contribution in [2.24, 2.45) is 4.99 Å². The maximum atomic E-state index is 11.9. The Labute approximate surface area is 149 Å². The average Bonchev–Trinajstić information content (AvgIpc) is 3.20. The molecule has 1 amide bonds. The van der Waals surface area contributed by atoms with Crippen LogP contribution < -0.4 is 10.6 Å². The van der Waals surface area contributed by atoms with Gasteiger partial charge in [-0.15, -0.1) is 0 Å². The second-order valence-electron chi connectivity index (χ2n) is 7.22. The van der Waals surface area contributed by atoms with Crippen molar-refractivity contribution in [2.75, 3.05) is 20.6 Å². The maximum Gasteiger partial charge on any atom is 0.243 e. The minimum Gasteiger partial charge on any atom is -0.354 e. The number of rotatable bonds is 4. The van der Waals surface area contributed by atoms with Crippen LogP contribution in [0.3, 0.4) is 0 Å². The Morgan fingerprint density at radius 3 is 2.68 bits per heavy atom. The molecule has 0 saturated heterocycles. The van der Waals surface area contributed by atoms with Crippen LogP contribution in [0.2, 0.25) is 0 Å². The van der Waals surface area contributed by atoms with E-state index in [4.69, 9.17) is 0 Å². The molecule has 8 heteroatoms. The van der Waals surface area contributed by atoms with Crippen molar-refractivity contribution >= 4 is 11.9 Å². The summed E-state index contributed by atoms with van der Waals surface area (Å²) in [5.74, 6) is 2.63. The Kier molecular flexibility index (Phi) is 5.55. The van der Waals surface area contributed by atoms with Crippen LogP contribution in [-0.2, 0) is 17.8 Å². The average molecular weight is 347 g/mol. The number of likely N-dealkylation sites (N-methyl/N-ethyl adjacent to an activating group) is 1. The SMILES string of the molecule is Cc1nc2n(n1)CC(NC(=NCC(=O)N(C)C)NC1CCCC1)CC2. The minimum absolute atomic E-state index is 0.00496. The van der Waals surface area contributed by atoms with Crippen LogP contribution in [0.4, 0.5) is 0 Å². The number of aromatic nitrogens is 3. The van der Waals surface area contributed by atoms with Crippen molar-refractivity contribution in [2.45, 2.75) is 64.1 Å². The van der Waals surface area contributed by atoms with Crippen molar-refractivity contribution in [3.05, 3.63) is 11.6 Å². The first-order valence-electron chi connectivity index (χ1n) is 9.19. The van der Waals surface area contributed by atoms with E-state index in [-0.39, 0.29) is 18.5 Å². The summed E-state index contributed by atoms with van der Waals surface area (Å²) in [4.78, 5) is 22.4. The molecule has 3 rings (SSSR count). The maximum absolute atomic E-state index is 11.9. The summed E-state index contributed by atoms with van der Waals surface area (Å²) >= 11 is 0. The topological polar surface area (TPSA) is 87.4 Å². The Hall–Kier alpha value is -2.12. The number of fused-ring (bicyclic) bond motifs is 1. The second-order valence-corrected chi connectivity index (χ2v) is 7.22. The number of nitrogens with zero attached hydrogens (tertiary/aromatic N) is 5. The largest absolute Gasteiger partial charge is 0.354 e. The van der Waals surface area contributed by atoms with Gasteiger partial charge in [0, 0.05) is 32.6 Å². The van der Waals surface area contributed by atoms with E-state index in [1.165, 1.54) is 25.7 Å². The van der Waals surface area contributed by atoms with Crippen molar-refractivity contribution in [3.8, 4) is 0 Å². The predicted octanol–water partition coefficient (Wildman–Crippen LogP) is 0.467. The minimum atomic E-state index is 0.00496. The summed E-state index contributed by atoms with van der Waals surface area (Å²) in [6.45, 7) is 2.87. The van der Waals surface area contributed by atoms with Gasteiger partial charge in [0.15, 0.2) is 5.96 Å². The van der Waals surface area contributed by atoms with Gasteiger partial charge >= 0.3 is 0 Å². The molecule has 8 nitrogen and oxygen atoms in total. The van der Waals surface area contributed by atoms with Gasteiger partial charge < -0.3 is 15.5 Å². The van der Waals surface area contributed by atoms with Gasteiger partial charge in [-0.05, 0) is 26.2 Å². The van der Waals surface area contributed by atoms with Gasteiger partial charge in [0.25, 0.3) is 0 Å². The van der Waals surface area contributed by atoms with E-state index >= 15 is 0 Å². The molecule has 0 radical (unpaired) electrons. The van der Waals surface area contributed by atoms with E-state index in [0.29, 0.717) is 6.04 Å². The van der Waals surface area contributed by atoms with Gasteiger partial charge in [-0.3, -0.25) is 4.79 Å². The normalized spacial score (nSPS) is 21.1. The summed E-state index contributed by atoms with van der Waals surface area (Å²) in [6, 6.07) is 0.698. The number of carbonyl (C=O) groups excluding carboxylic acids is 1. The molecule has 1 fully saturated rings. The zero-order valence-electron chi connectivity index (χ0n) is 15.5. The molecule has 1 saturated carbocycles. The molecule has 1 aromatic rings. The molecule has 0 spiro atoms. The molecule has 1 aliphatic carbocycles. The van der Waals surface area contributed by atoms with Crippen molar-refractivity contribution in [1.82, 2.24) is 30.3 Å². The van der Waals surface area contributed by atoms with E-state index in [2.05, 4.69) is 25.7 Å². The molecule has 2 N–H and O–H groups in total. The van der Waals surface area contributed by atoms with Gasteiger partial charge in [-0.1, -0.05) is 12.8 Å². The van der Waals surface area contributed by atoms with Gasteiger partial charge in [0.2, 0.25) is 5.91 Å². The van der Waals surface area contributed by atoms with Crippen LogP contribution in [0.25, 0.3) is 0 Å². The van der Waals surface area contributed by atoms with Crippen molar-refractivity contribution in [1.29, 1.82) is 0 Å². The number of guanidine groups is 1. The first-order chi connectivity index (χ1) is 12.0. The number of nitrogens with one attached hydrogen (secondary N) is 2. The molecule has 1 aliphatic heterocycles. The highest BCUT2D eigenvalue weighted by Gasteiger charge is 2.23. The van der Waals surface area contributed by atoms with Gasteiger partial charge in [-0.25, -0.2) is 14.7 Å². The molecule has 1 aromatic heterocycles. The number of carbonyl (C=O) groups is 1. The van der Waals surface area contributed by atoms with Gasteiger partial charge in [0.05, 0.1) is 6.54 Å². The summed E-state index contributed by atoms with van der Waals surface area (Å²) < 4.78 is 1.98. The third kappa shape index (κ3) is 4.70. The predicted molar refractivity (Wildman–Crippen MR) is 96.4 cm³/mol. The van der Waals surface area contributed by atoms with E-state index < -0.39 is 0 Å². The van der Waals surface area contributed by atoms with E-state index in [9.17, 15) is 4.79 Å². The second kappa shape index (κ2) is 7.84. The lowest BCUT2D eigenvalue weighted by molar-refractivity contribution is -0.127. The van der Waals surface area contributed by atoms with Crippen molar-refractivity contribution in [3.63, 3.8) is 0 Å². The molecule has 2 aliphatic rings. The van der Waals surface area contributed by atoms with Crippen LogP contribution in [0, 0.1) is 6.92 Å². The van der Waals surface area contributed by atoms with Crippen LogP contribution in [0.15, 0.2) is 4.99 Å². The van der Waals surface area contributed by atoms with Crippen molar-refractivity contribution < 1.29 is 4.79 Å². The lowest BCUT2D eigenvalue weighted by atomic mass is 10.1. The number of aryl methyl sites for hydroxylation is 2. The number of amides is 1. The fourth-order valence-electron chi connectivity index (χ4n) is 3.43. The molecule has 138 valence electrons. The summed E-state index contributed by atoms with van der Waals surface area (Å²) in [5, 5.41) is 11.5. The van der Waals surface area contributed by atoms with Crippen LogP contribution in [0.1, 0.15) is 43.8 Å². The lowest BCUT2D eigenvalue weighted by Crippen LogP contribution is -2.49. The Morgan fingerprint density at radius 1 is 1.24 bits per heavy atom. The summed E-state index contributed by atoms with van der Waals surface area (Å²) in [7, 11) is 3.51. The molecule has 2 heterocycles. The summed E-state index contributed by atoms with van der Waals surface area (Å²) in [6.07, 6.45) is 6.75. The zero-order valence-corrected chi connectivity index (χ0v) is 15.5. The quantitative estimate of drug-likeness (QED) is 0.611.